The maximum absolute atomic E-state index is 12.9. The number of amides is 1. The Morgan fingerprint density at radius 2 is 1.85 bits per heavy atom. The third kappa shape index (κ3) is 4.00. The number of anilines is 2. The van der Waals surface area contributed by atoms with Gasteiger partial charge in [-0.3, -0.25) is 9.52 Å². The zero-order chi connectivity index (χ0) is 19.8. The van der Waals surface area contributed by atoms with Gasteiger partial charge in [0.05, 0.1) is 10.6 Å². The summed E-state index contributed by atoms with van der Waals surface area (Å²) in [5.41, 5.74) is 3.94. The lowest BCUT2D eigenvalue weighted by Gasteiger charge is -2.31. The van der Waals surface area contributed by atoms with Gasteiger partial charge < -0.3 is 4.90 Å². The molecule has 0 aromatic heterocycles. The topological polar surface area (TPSA) is 66.5 Å². The molecule has 0 unspecified atom stereocenters. The fourth-order valence-corrected chi connectivity index (χ4v) is 4.77. The number of carbonyl (C=O) groups excluding carboxylic acids is 1. The van der Waals surface area contributed by atoms with Crippen LogP contribution in [0, 0.1) is 19.8 Å². The highest BCUT2D eigenvalue weighted by Gasteiger charge is 2.25. The fourth-order valence-electron chi connectivity index (χ4n) is 3.39. The number of benzene rings is 2. The molecular formula is C21H26N2O3S. The van der Waals surface area contributed by atoms with Crippen LogP contribution >= 0.6 is 0 Å². The van der Waals surface area contributed by atoms with E-state index >= 15 is 0 Å². The molecule has 1 aliphatic rings. The molecule has 6 heteroatoms. The summed E-state index contributed by atoms with van der Waals surface area (Å²) in [6.07, 6.45) is 1.81. The molecule has 0 saturated heterocycles. The molecule has 27 heavy (non-hydrogen) atoms. The minimum Gasteiger partial charge on any atom is -0.312 e. The summed E-state index contributed by atoms with van der Waals surface area (Å²) in [6, 6.07) is 10.8. The first-order valence-electron chi connectivity index (χ1n) is 9.23. The van der Waals surface area contributed by atoms with Crippen molar-refractivity contribution in [1.82, 2.24) is 0 Å². The van der Waals surface area contributed by atoms with Crippen molar-refractivity contribution in [2.24, 2.45) is 5.92 Å². The number of hydrogen-bond acceptors (Lipinski definition) is 3. The van der Waals surface area contributed by atoms with Crippen molar-refractivity contribution >= 4 is 27.3 Å². The molecule has 2 aromatic carbocycles. The molecule has 0 aliphatic carbocycles. The van der Waals surface area contributed by atoms with E-state index in [1.54, 1.807) is 36.1 Å². The summed E-state index contributed by atoms with van der Waals surface area (Å²) >= 11 is 0. The Hall–Kier alpha value is -2.34. The predicted octanol–water partition coefficient (Wildman–Crippen LogP) is 4.04. The van der Waals surface area contributed by atoms with Gasteiger partial charge in [-0.2, -0.15) is 0 Å². The van der Waals surface area contributed by atoms with Crippen molar-refractivity contribution < 1.29 is 13.2 Å². The standard InChI is InChI=1S/C21H26N2O3S/c1-14(2)21(24)23-11-5-6-17-9-10-18(13-19(17)23)22-27(25,26)20-12-15(3)7-8-16(20)4/h7-10,12-14,22H,5-6,11H2,1-4H3. The predicted molar refractivity (Wildman–Crippen MR) is 109 cm³/mol. The maximum atomic E-state index is 12.9. The summed E-state index contributed by atoms with van der Waals surface area (Å²) in [6.45, 7) is 8.07. The van der Waals surface area contributed by atoms with Gasteiger partial charge in [-0.25, -0.2) is 8.42 Å². The Labute approximate surface area is 161 Å². The second-order valence-corrected chi connectivity index (χ2v) is 9.12. The van der Waals surface area contributed by atoms with Crippen LogP contribution in [0.4, 0.5) is 11.4 Å². The SMILES string of the molecule is Cc1ccc(C)c(S(=O)(=O)Nc2ccc3c(c2)N(C(=O)C(C)C)CCC3)c1. The highest BCUT2D eigenvalue weighted by Crippen LogP contribution is 2.32. The summed E-state index contributed by atoms with van der Waals surface area (Å²) in [4.78, 5) is 14.6. The van der Waals surface area contributed by atoms with Gasteiger partial charge in [-0.15, -0.1) is 0 Å². The lowest BCUT2D eigenvalue weighted by molar-refractivity contribution is -0.121. The number of hydrogen-bond donors (Lipinski definition) is 1. The molecule has 1 N–H and O–H groups in total. The molecule has 1 amide bonds. The number of nitrogens with zero attached hydrogens (tertiary/aromatic N) is 1. The van der Waals surface area contributed by atoms with Crippen molar-refractivity contribution in [3.05, 3.63) is 53.1 Å². The first-order chi connectivity index (χ1) is 12.7. The number of sulfonamides is 1. The van der Waals surface area contributed by atoms with Crippen LogP contribution in [0.2, 0.25) is 0 Å². The minimum absolute atomic E-state index is 0.0606. The fraction of sp³-hybridized carbons (Fsp3) is 0.381. The second-order valence-electron chi connectivity index (χ2n) is 7.47. The zero-order valence-corrected chi connectivity index (χ0v) is 17.1. The van der Waals surface area contributed by atoms with Crippen molar-refractivity contribution in [3.63, 3.8) is 0 Å². The Morgan fingerprint density at radius 1 is 1.11 bits per heavy atom. The average Bonchev–Trinajstić information content (AvgIpc) is 2.62. The first kappa shape index (κ1) is 19.4. The van der Waals surface area contributed by atoms with E-state index in [4.69, 9.17) is 0 Å². The number of fused-ring (bicyclic) bond motifs is 1. The third-order valence-electron chi connectivity index (χ3n) is 4.85. The van der Waals surface area contributed by atoms with Crippen molar-refractivity contribution in [1.29, 1.82) is 0 Å². The van der Waals surface area contributed by atoms with Crippen LogP contribution in [0.25, 0.3) is 0 Å². The van der Waals surface area contributed by atoms with E-state index in [-0.39, 0.29) is 16.7 Å². The van der Waals surface area contributed by atoms with E-state index in [1.807, 2.05) is 32.9 Å². The van der Waals surface area contributed by atoms with Gasteiger partial charge in [0.25, 0.3) is 10.0 Å². The molecule has 144 valence electrons. The highest BCUT2D eigenvalue weighted by atomic mass is 32.2. The number of nitrogens with one attached hydrogen (secondary N) is 1. The zero-order valence-electron chi connectivity index (χ0n) is 16.2. The monoisotopic (exact) mass is 386 g/mol. The van der Waals surface area contributed by atoms with Crippen LogP contribution in [0.15, 0.2) is 41.3 Å². The molecule has 3 rings (SSSR count). The Morgan fingerprint density at radius 3 is 2.56 bits per heavy atom. The van der Waals surface area contributed by atoms with E-state index < -0.39 is 10.0 Å². The smallest absolute Gasteiger partial charge is 0.262 e. The second kappa shape index (κ2) is 7.35. The molecule has 0 saturated carbocycles. The first-order valence-corrected chi connectivity index (χ1v) is 10.7. The molecule has 1 aliphatic heterocycles. The molecule has 0 bridgehead atoms. The quantitative estimate of drug-likeness (QED) is 0.862. The van der Waals surface area contributed by atoms with Gasteiger partial charge in [-0.1, -0.05) is 32.0 Å². The number of rotatable bonds is 4. The van der Waals surface area contributed by atoms with Crippen molar-refractivity contribution in [3.8, 4) is 0 Å². The molecule has 0 radical (unpaired) electrons. The molecule has 0 fully saturated rings. The summed E-state index contributed by atoms with van der Waals surface area (Å²) in [5, 5.41) is 0. The largest absolute Gasteiger partial charge is 0.312 e. The average molecular weight is 387 g/mol. The van der Waals surface area contributed by atoms with Crippen molar-refractivity contribution in [2.45, 2.75) is 45.4 Å². The Balaban J connectivity index is 1.96. The lowest BCUT2D eigenvalue weighted by Crippen LogP contribution is -2.38. The molecule has 0 spiro atoms. The van der Waals surface area contributed by atoms with Crippen molar-refractivity contribution in [2.75, 3.05) is 16.2 Å². The molecule has 1 heterocycles. The van der Waals surface area contributed by atoms with Gasteiger partial charge >= 0.3 is 0 Å². The van der Waals surface area contributed by atoms with Gasteiger partial charge in [-0.05, 0) is 61.6 Å². The Bertz CT molecular complexity index is 981. The van der Waals surface area contributed by atoms with Crippen LogP contribution in [0.1, 0.15) is 37.0 Å². The van der Waals surface area contributed by atoms with Gasteiger partial charge in [0, 0.05) is 18.2 Å². The van der Waals surface area contributed by atoms with Crippen LogP contribution < -0.4 is 9.62 Å². The van der Waals surface area contributed by atoms with Crippen LogP contribution in [0.5, 0.6) is 0 Å². The summed E-state index contributed by atoms with van der Waals surface area (Å²) < 4.78 is 28.4. The third-order valence-corrected chi connectivity index (χ3v) is 6.37. The molecule has 0 atom stereocenters. The summed E-state index contributed by atoms with van der Waals surface area (Å²) in [5.74, 6) is -0.0447. The minimum atomic E-state index is -3.70. The van der Waals surface area contributed by atoms with Crippen LogP contribution in [-0.2, 0) is 21.2 Å². The molecular weight excluding hydrogens is 360 g/mol. The van der Waals surface area contributed by atoms with Crippen LogP contribution in [-0.4, -0.2) is 20.9 Å². The lowest BCUT2D eigenvalue weighted by atomic mass is 9.99. The maximum Gasteiger partial charge on any atom is 0.262 e. The summed E-state index contributed by atoms with van der Waals surface area (Å²) in [7, 11) is -3.70. The van der Waals surface area contributed by atoms with E-state index in [0.717, 1.165) is 29.7 Å². The van der Waals surface area contributed by atoms with Gasteiger partial charge in [0.2, 0.25) is 5.91 Å². The van der Waals surface area contributed by atoms with E-state index in [2.05, 4.69) is 4.72 Å². The normalized spacial score (nSPS) is 14.2. The molecule has 2 aromatic rings. The molecule has 5 nitrogen and oxygen atoms in total. The van der Waals surface area contributed by atoms with E-state index in [1.165, 1.54) is 0 Å². The van der Waals surface area contributed by atoms with Crippen LogP contribution in [0.3, 0.4) is 0 Å². The number of carbonyl (C=O) groups is 1. The van der Waals surface area contributed by atoms with E-state index in [9.17, 15) is 13.2 Å². The number of aryl methyl sites for hydroxylation is 3. The van der Waals surface area contributed by atoms with Gasteiger partial charge in [0.1, 0.15) is 0 Å². The highest BCUT2D eigenvalue weighted by molar-refractivity contribution is 7.92. The van der Waals surface area contributed by atoms with E-state index in [0.29, 0.717) is 17.8 Å². The van der Waals surface area contributed by atoms with Gasteiger partial charge in [0.15, 0.2) is 0 Å². The Kier molecular flexibility index (Phi) is 5.29.